The Labute approximate surface area is 129 Å². The fourth-order valence-corrected chi connectivity index (χ4v) is 1.81. The smallest absolute Gasteiger partial charge is 0.276 e. The fourth-order valence-electron chi connectivity index (χ4n) is 1.81. The second-order valence-corrected chi connectivity index (χ2v) is 4.77. The number of anilines is 2. The molecule has 0 unspecified atom stereocenters. The summed E-state index contributed by atoms with van der Waals surface area (Å²) >= 11 is 0. The van der Waals surface area contributed by atoms with Crippen LogP contribution in [0.4, 0.5) is 11.5 Å². The maximum absolute atomic E-state index is 12.1. The normalized spacial score (nSPS) is 10.1. The van der Waals surface area contributed by atoms with Gasteiger partial charge in [-0.1, -0.05) is 13.3 Å². The lowest BCUT2D eigenvalue weighted by Crippen LogP contribution is -2.15. The van der Waals surface area contributed by atoms with Crippen LogP contribution >= 0.6 is 0 Å². The molecule has 0 saturated heterocycles. The summed E-state index contributed by atoms with van der Waals surface area (Å²) in [7, 11) is 1.60. The van der Waals surface area contributed by atoms with E-state index in [1.165, 1.54) is 0 Å². The molecule has 0 atom stereocenters. The van der Waals surface area contributed by atoms with Gasteiger partial charge in [-0.15, -0.1) is 10.2 Å². The van der Waals surface area contributed by atoms with E-state index in [4.69, 9.17) is 4.74 Å². The molecule has 0 radical (unpaired) electrons. The van der Waals surface area contributed by atoms with E-state index in [2.05, 4.69) is 27.8 Å². The van der Waals surface area contributed by atoms with Gasteiger partial charge in [-0.25, -0.2) is 0 Å². The fraction of sp³-hybridized carbons (Fsp3) is 0.312. The monoisotopic (exact) mass is 300 g/mol. The van der Waals surface area contributed by atoms with Gasteiger partial charge in [0.05, 0.1) is 7.11 Å². The molecular weight excluding hydrogens is 280 g/mol. The van der Waals surface area contributed by atoms with E-state index in [0.29, 0.717) is 11.5 Å². The average molecular weight is 300 g/mol. The number of nitrogens with zero attached hydrogens (tertiary/aromatic N) is 2. The van der Waals surface area contributed by atoms with Crippen LogP contribution in [0, 0.1) is 0 Å². The molecule has 116 valence electrons. The number of methoxy groups -OCH3 is 1. The van der Waals surface area contributed by atoms with Crippen molar-refractivity contribution >= 4 is 17.4 Å². The molecule has 1 aromatic carbocycles. The summed E-state index contributed by atoms with van der Waals surface area (Å²) in [6.07, 6.45) is 2.18. The predicted octanol–water partition coefficient (Wildman–Crippen LogP) is 2.95. The van der Waals surface area contributed by atoms with Crippen LogP contribution in [0.2, 0.25) is 0 Å². The zero-order chi connectivity index (χ0) is 15.8. The highest BCUT2D eigenvalue weighted by atomic mass is 16.5. The predicted molar refractivity (Wildman–Crippen MR) is 86.4 cm³/mol. The van der Waals surface area contributed by atoms with E-state index in [1.54, 1.807) is 43.5 Å². The van der Waals surface area contributed by atoms with E-state index in [1.807, 2.05) is 0 Å². The van der Waals surface area contributed by atoms with Crippen LogP contribution in [-0.4, -0.2) is 29.8 Å². The van der Waals surface area contributed by atoms with Crippen LogP contribution in [0.1, 0.15) is 30.3 Å². The van der Waals surface area contributed by atoms with Crippen molar-refractivity contribution in [2.75, 3.05) is 24.3 Å². The first-order valence-corrected chi connectivity index (χ1v) is 7.26. The number of rotatable bonds is 7. The van der Waals surface area contributed by atoms with Gasteiger partial charge in [-0.2, -0.15) is 0 Å². The highest BCUT2D eigenvalue weighted by Gasteiger charge is 2.08. The van der Waals surface area contributed by atoms with Crippen LogP contribution in [-0.2, 0) is 0 Å². The molecule has 1 amide bonds. The van der Waals surface area contributed by atoms with Gasteiger partial charge < -0.3 is 15.4 Å². The summed E-state index contributed by atoms with van der Waals surface area (Å²) in [6.45, 7) is 2.97. The number of ether oxygens (including phenoxy) is 1. The van der Waals surface area contributed by atoms with Crippen molar-refractivity contribution in [3.05, 3.63) is 42.1 Å². The Morgan fingerprint density at radius 1 is 1.14 bits per heavy atom. The Morgan fingerprint density at radius 3 is 2.50 bits per heavy atom. The summed E-state index contributed by atoms with van der Waals surface area (Å²) < 4.78 is 5.07. The summed E-state index contributed by atoms with van der Waals surface area (Å²) in [5.41, 5.74) is 0.953. The van der Waals surface area contributed by atoms with Crippen LogP contribution in [0.25, 0.3) is 0 Å². The van der Waals surface area contributed by atoms with E-state index >= 15 is 0 Å². The van der Waals surface area contributed by atoms with Crippen LogP contribution in [0.3, 0.4) is 0 Å². The van der Waals surface area contributed by atoms with E-state index in [0.717, 1.165) is 25.1 Å². The van der Waals surface area contributed by atoms with Crippen LogP contribution in [0.5, 0.6) is 5.75 Å². The number of hydrogen-bond donors (Lipinski definition) is 2. The Hall–Kier alpha value is -2.63. The number of unbranched alkanes of at least 4 members (excludes halogenated alkanes) is 1. The molecule has 2 N–H and O–H groups in total. The van der Waals surface area contributed by atoms with Crippen LogP contribution < -0.4 is 15.4 Å². The molecule has 2 aromatic rings. The minimum absolute atomic E-state index is 0.275. The SMILES string of the molecule is CCCCNc1ccc(C(=O)Nc2ccc(OC)cc2)nn1. The minimum atomic E-state index is -0.294. The van der Waals surface area contributed by atoms with Gasteiger partial charge in [-0.3, -0.25) is 4.79 Å². The second kappa shape index (κ2) is 7.97. The number of aromatic nitrogens is 2. The van der Waals surface area contributed by atoms with E-state index in [9.17, 15) is 4.79 Å². The molecule has 0 bridgehead atoms. The Balaban J connectivity index is 1.94. The summed E-state index contributed by atoms with van der Waals surface area (Å²) in [6, 6.07) is 10.5. The quantitative estimate of drug-likeness (QED) is 0.769. The third kappa shape index (κ3) is 4.44. The van der Waals surface area contributed by atoms with Crippen molar-refractivity contribution < 1.29 is 9.53 Å². The number of carbonyl (C=O) groups excluding carboxylic acids is 1. The molecule has 0 fully saturated rings. The molecule has 0 aliphatic heterocycles. The Morgan fingerprint density at radius 2 is 1.91 bits per heavy atom. The van der Waals surface area contributed by atoms with Crippen molar-refractivity contribution in [1.82, 2.24) is 10.2 Å². The van der Waals surface area contributed by atoms with Gasteiger partial charge >= 0.3 is 0 Å². The first kappa shape index (κ1) is 15.8. The molecule has 1 heterocycles. The summed E-state index contributed by atoms with van der Waals surface area (Å²) in [5.74, 6) is 1.12. The third-order valence-corrected chi connectivity index (χ3v) is 3.08. The van der Waals surface area contributed by atoms with Gasteiger partial charge in [0.1, 0.15) is 11.6 Å². The number of hydrogen-bond acceptors (Lipinski definition) is 5. The number of amides is 1. The molecule has 0 saturated carbocycles. The molecule has 1 aromatic heterocycles. The largest absolute Gasteiger partial charge is 0.497 e. The van der Waals surface area contributed by atoms with Crippen molar-refractivity contribution in [1.29, 1.82) is 0 Å². The average Bonchev–Trinajstić information content (AvgIpc) is 2.56. The standard InChI is InChI=1S/C16H20N4O2/c1-3-4-11-17-15-10-9-14(19-20-15)16(21)18-12-5-7-13(22-2)8-6-12/h5-10H,3-4,11H2,1-2H3,(H,17,20)(H,18,21). The van der Waals surface area contributed by atoms with Crippen molar-refractivity contribution in [3.63, 3.8) is 0 Å². The number of benzene rings is 1. The summed E-state index contributed by atoms with van der Waals surface area (Å²) in [4.78, 5) is 12.1. The lowest BCUT2D eigenvalue weighted by molar-refractivity contribution is 0.102. The zero-order valence-corrected chi connectivity index (χ0v) is 12.8. The second-order valence-electron chi connectivity index (χ2n) is 4.77. The first-order chi connectivity index (χ1) is 10.7. The topological polar surface area (TPSA) is 76.1 Å². The van der Waals surface area contributed by atoms with Gasteiger partial charge in [0.2, 0.25) is 0 Å². The van der Waals surface area contributed by atoms with E-state index < -0.39 is 0 Å². The lowest BCUT2D eigenvalue weighted by Gasteiger charge is -2.07. The first-order valence-electron chi connectivity index (χ1n) is 7.26. The molecule has 0 spiro atoms. The minimum Gasteiger partial charge on any atom is -0.497 e. The van der Waals surface area contributed by atoms with Gasteiger partial charge in [0, 0.05) is 12.2 Å². The van der Waals surface area contributed by atoms with Gasteiger partial charge in [0.15, 0.2) is 5.69 Å². The molecule has 6 heteroatoms. The highest BCUT2D eigenvalue weighted by Crippen LogP contribution is 2.15. The maximum Gasteiger partial charge on any atom is 0.276 e. The molecule has 6 nitrogen and oxygen atoms in total. The number of carbonyl (C=O) groups is 1. The molecule has 0 aliphatic rings. The number of nitrogens with one attached hydrogen (secondary N) is 2. The van der Waals surface area contributed by atoms with Crippen LogP contribution in [0.15, 0.2) is 36.4 Å². The van der Waals surface area contributed by atoms with Crippen molar-refractivity contribution in [3.8, 4) is 5.75 Å². The zero-order valence-electron chi connectivity index (χ0n) is 12.8. The molecular formula is C16H20N4O2. The highest BCUT2D eigenvalue weighted by molar-refractivity contribution is 6.02. The Bertz CT molecular complexity index is 597. The van der Waals surface area contributed by atoms with Crippen molar-refractivity contribution in [2.45, 2.75) is 19.8 Å². The van der Waals surface area contributed by atoms with Gasteiger partial charge in [0.25, 0.3) is 5.91 Å². The summed E-state index contributed by atoms with van der Waals surface area (Å²) in [5, 5.41) is 13.9. The molecule has 0 aliphatic carbocycles. The van der Waals surface area contributed by atoms with Crippen molar-refractivity contribution in [2.24, 2.45) is 0 Å². The molecule has 2 rings (SSSR count). The third-order valence-electron chi connectivity index (χ3n) is 3.08. The molecule has 22 heavy (non-hydrogen) atoms. The lowest BCUT2D eigenvalue weighted by atomic mass is 10.3. The van der Waals surface area contributed by atoms with Gasteiger partial charge in [-0.05, 0) is 42.8 Å². The maximum atomic E-state index is 12.1. The Kier molecular flexibility index (Phi) is 5.71. The van der Waals surface area contributed by atoms with E-state index in [-0.39, 0.29) is 11.6 Å².